The molecule has 1 aromatic rings. The van der Waals surface area contributed by atoms with Crippen LogP contribution in [0.1, 0.15) is 14.8 Å². The Morgan fingerprint density at radius 1 is 0.944 bits per heavy atom. The fraction of sp³-hybridized carbons (Fsp3) is 0.429. The van der Waals surface area contributed by atoms with Crippen LogP contribution in [-0.2, 0) is 21.8 Å². The molecule has 18 heavy (non-hydrogen) atoms. The zero-order valence-electron chi connectivity index (χ0n) is 11.8. The summed E-state index contributed by atoms with van der Waals surface area (Å²) in [5, 5.41) is 10.1. The van der Waals surface area contributed by atoms with Crippen molar-refractivity contribution in [3.05, 3.63) is 29.0 Å². The molecule has 0 amide bonds. The van der Waals surface area contributed by atoms with Gasteiger partial charge in [0.15, 0.2) is 0 Å². The fourth-order valence-corrected chi connectivity index (χ4v) is 7.02. The molecule has 4 heteroatoms. The number of benzene rings is 1. The summed E-state index contributed by atoms with van der Waals surface area (Å²) >= 11 is -1.38. The van der Waals surface area contributed by atoms with E-state index in [0.717, 1.165) is 0 Å². The Bertz CT molecular complexity index is 480. The van der Waals surface area contributed by atoms with Gasteiger partial charge in [0.05, 0.1) is 0 Å². The molecule has 3 N–H and O–H groups in total. The van der Waals surface area contributed by atoms with Crippen molar-refractivity contribution >= 4 is 17.5 Å². The van der Waals surface area contributed by atoms with Gasteiger partial charge in [0.2, 0.25) is 0 Å². The Hall–Kier alpha value is -0.757. The zero-order chi connectivity index (χ0) is 13.3. The molecule has 0 aliphatic heterocycles. The van der Waals surface area contributed by atoms with E-state index in [0.29, 0.717) is 3.63 Å². The van der Waals surface area contributed by atoms with Crippen molar-refractivity contribution in [1.82, 2.24) is 5.32 Å². The molecule has 0 spiro atoms. The second kappa shape index (κ2) is 5.48. The topological polar surface area (TPSA) is 36.1 Å². The van der Waals surface area contributed by atoms with Crippen LogP contribution in [0.15, 0.2) is 17.8 Å². The van der Waals surface area contributed by atoms with E-state index >= 15 is 0 Å². The van der Waals surface area contributed by atoms with Crippen molar-refractivity contribution in [3.63, 3.8) is 0 Å². The predicted octanol–water partition coefficient (Wildman–Crippen LogP) is 3.10. The number of nitrogens with one attached hydrogen (secondary N) is 3. The summed E-state index contributed by atoms with van der Waals surface area (Å²) in [4.78, 5) is 0. The Balaban J connectivity index is 2.63. The number of fused-ring (bicyclic) bond motifs is 1. The van der Waals surface area contributed by atoms with Crippen molar-refractivity contribution in [2.24, 2.45) is 0 Å². The first-order valence-electron chi connectivity index (χ1n) is 6.35. The van der Waals surface area contributed by atoms with E-state index in [2.05, 4.69) is 43.4 Å². The molecule has 1 aliphatic carbocycles. The van der Waals surface area contributed by atoms with Crippen molar-refractivity contribution in [3.8, 4) is 0 Å². The van der Waals surface area contributed by atoms with Gasteiger partial charge in [-0.05, 0) is 0 Å². The number of hydrogen-bond donors (Lipinski definition) is 3. The van der Waals surface area contributed by atoms with Crippen molar-refractivity contribution < 1.29 is 21.8 Å². The maximum absolute atomic E-state index is 3.40. The number of hydrogen-bond acceptors (Lipinski definition) is 3. The first-order chi connectivity index (χ1) is 8.63. The summed E-state index contributed by atoms with van der Waals surface area (Å²) in [5.41, 5.74) is 6.75. The Morgan fingerprint density at radius 3 is 2.06 bits per heavy atom. The van der Waals surface area contributed by atoms with E-state index in [-0.39, 0.29) is 0 Å². The van der Waals surface area contributed by atoms with Gasteiger partial charge in [-0.15, -0.1) is 0 Å². The standard InChI is InChI=1S/C12H16N3.2CH3.Zr/c1-13-8-6-9-10(7-8)12(15-3)5-4-11(9)14-2;;;/h4-7,13-15H,1-3H3;2*1H3;. The van der Waals surface area contributed by atoms with Gasteiger partial charge in [-0.3, -0.25) is 0 Å². The molecular formula is C14H22N3Zr. The summed E-state index contributed by atoms with van der Waals surface area (Å²) in [5.74, 6) is 0. The quantitative estimate of drug-likeness (QED) is 0.797. The molecule has 0 saturated carbocycles. The van der Waals surface area contributed by atoms with Gasteiger partial charge in [0, 0.05) is 0 Å². The second-order valence-electron chi connectivity index (χ2n) is 4.85. The first kappa shape index (κ1) is 13.7. The molecule has 97 valence electrons. The number of rotatable bonds is 4. The SMILES string of the molecule is CNC1=Cc2c(NC)ccc(NC)c2[CH]1[Zr]([CH3])[CH3]. The Labute approximate surface area is 118 Å². The van der Waals surface area contributed by atoms with Crippen LogP contribution >= 0.6 is 0 Å². The zero-order valence-corrected chi connectivity index (χ0v) is 14.3. The number of anilines is 2. The van der Waals surface area contributed by atoms with Crippen molar-refractivity contribution in [1.29, 1.82) is 0 Å². The molecule has 0 bridgehead atoms. The van der Waals surface area contributed by atoms with E-state index in [9.17, 15) is 0 Å². The van der Waals surface area contributed by atoms with Gasteiger partial charge in [0.1, 0.15) is 0 Å². The monoisotopic (exact) mass is 322 g/mol. The van der Waals surface area contributed by atoms with Crippen LogP contribution in [0, 0.1) is 0 Å². The molecule has 2 rings (SSSR count). The normalized spacial score (nSPS) is 16.9. The van der Waals surface area contributed by atoms with Crippen LogP contribution in [-0.4, -0.2) is 21.1 Å². The van der Waals surface area contributed by atoms with Gasteiger partial charge >= 0.3 is 118 Å². The molecule has 1 aromatic carbocycles. The van der Waals surface area contributed by atoms with Gasteiger partial charge in [-0.2, -0.15) is 0 Å². The third-order valence-corrected chi connectivity index (χ3v) is 7.90. The summed E-state index contributed by atoms with van der Waals surface area (Å²) in [6, 6.07) is 4.35. The van der Waals surface area contributed by atoms with Crippen LogP contribution in [0.4, 0.5) is 11.4 Å². The molecule has 0 fully saturated rings. The van der Waals surface area contributed by atoms with Crippen LogP contribution in [0.2, 0.25) is 9.26 Å². The van der Waals surface area contributed by atoms with Gasteiger partial charge in [-0.1, -0.05) is 0 Å². The van der Waals surface area contributed by atoms with Crippen molar-refractivity contribution in [2.45, 2.75) is 12.9 Å². The molecule has 1 unspecified atom stereocenters. The van der Waals surface area contributed by atoms with Gasteiger partial charge in [0.25, 0.3) is 0 Å². The Morgan fingerprint density at radius 2 is 1.56 bits per heavy atom. The van der Waals surface area contributed by atoms with Gasteiger partial charge < -0.3 is 0 Å². The summed E-state index contributed by atoms with van der Waals surface area (Å²) < 4.78 is 5.58. The first-order valence-corrected chi connectivity index (χ1v) is 12.7. The van der Waals surface area contributed by atoms with Crippen LogP contribution in [0.5, 0.6) is 0 Å². The molecule has 1 aliphatic rings. The second-order valence-corrected chi connectivity index (χ2v) is 11.6. The van der Waals surface area contributed by atoms with E-state index in [1.807, 2.05) is 21.1 Å². The number of likely N-dealkylation sites (N-methyl/N-ethyl adjacent to an activating group) is 1. The van der Waals surface area contributed by atoms with E-state index in [1.54, 1.807) is 0 Å². The van der Waals surface area contributed by atoms with E-state index in [1.165, 1.54) is 28.2 Å². The minimum absolute atomic E-state index is 0.642. The number of allylic oxidation sites excluding steroid dienone is 1. The molecule has 0 radical (unpaired) electrons. The third-order valence-electron chi connectivity index (χ3n) is 3.59. The summed E-state index contributed by atoms with van der Waals surface area (Å²) in [7, 11) is 6.04. The van der Waals surface area contributed by atoms with E-state index in [4.69, 9.17) is 0 Å². The molecule has 1 atom stereocenters. The third kappa shape index (κ3) is 2.11. The van der Waals surface area contributed by atoms with Crippen LogP contribution in [0.25, 0.3) is 6.08 Å². The van der Waals surface area contributed by atoms with E-state index < -0.39 is 21.8 Å². The average molecular weight is 324 g/mol. The molecule has 3 nitrogen and oxygen atoms in total. The predicted molar refractivity (Wildman–Crippen MR) is 77.0 cm³/mol. The fourth-order valence-electron chi connectivity index (χ4n) is 2.75. The maximum atomic E-state index is 3.40. The average Bonchev–Trinajstić information content (AvgIpc) is 2.76. The minimum atomic E-state index is -1.38. The molecular weight excluding hydrogens is 301 g/mol. The molecule has 0 aromatic heterocycles. The Kier molecular flexibility index (Phi) is 4.16. The summed E-state index contributed by atoms with van der Waals surface area (Å²) in [6.07, 6.45) is 2.32. The van der Waals surface area contributed by atoms with Crippen LogP contribution in [0.3, 0.4) is 0 Å². The van der Waals surface area contributed by atoms with Gasteiger partial charge in [-0.25, -0.2) is 0 Å². The molecule has 0 heterocycles. The van der Waals surface area contributed by atoms with Crippen molar-refractivity contribution in [2.75, 3.05) is 31.8 Å². The molecule has 0 saturated heterocycles. The van der Waals surface area contributed by atoms with Crippen LogP contribution < -0.4 is 16.0 Å². The summed E-state index contributed by atoms with van der Waals surface area (Å²) in [6.45, 7) is 0.